The normalized spacial score (nSPS) is 15.8. The molecule has 0 spiro atoms. The Morgan fingerprint density at radius 3 is 2.54 bits per heavy atom. The number of anilines is 1. The Morgan fingerprint density at radius 2 is 1.79 bits per heavy atom. The van der Waals surface area contributed by atoms with Crippen molar-refractivity contribution in [1.82, 2.24) is 9.88 Å². The number of hydrogen-bond acceptors (Lipinski definition) is 3. The molecule has 24 heavy (non-hydrogen) atoms. The van der Waals surface area contributed by atoms with Gasteiger partial charge in [-0.15, -0.1) is 0 Å². The first-order valence-corrected chi connectivity index (χ1v) is 8.41. The van der Waals surface area contributed by atoms with Gasteiger partial charge in [0.1, 0.15) is 0 Å². The molecule has 4 rings (SSSR count). The fourth-order valence-electron chi connectivity index (χ4n) is 3.43. The number of aromatic nitrogens is 1. The van der Waals surface area contributed by atoms with Gasteiger partial charge in [-0.3, -0.25) is 9.69 Å². The SMILES string of the molecule is O=Cc1c[nH]c2ccc(N3CCN(Cc4ccccc4)CC3)cc12. The number of rotatable bonds is 4. The molecule has 0 amide bonds. The molecule has 122 valence electrons. The minimum Gasteiger partial charge on any atom is -0.369 e. The number of carbonyl (C=O) groups excluding carboxylic acids is 1. The van der Waals surface area contributed by atoms with Crippen molar-refractivity contribution in [3.05, 3.63) is 65.9 Å². The number of H-pyrrole nitrogens is 1. The van der Waals surface area contributed by atoms with E-state index in [-0.39, 0.29) is 0 Å². The van der Waals surface area contributed by atoms with Gasteiger partial charge >= 0.3 is 0 Å². The van der Waals surface area contributed by atoms with Crippen molar-refractivity contribution in [2.45, 2.75) is 6.54 Å². The quantitative estimate of drug-likeness (QED) is 0.750. The van der Waals surface area contributed by atoms with E-state index in [1.807, 2.05) is 0 Å². The Balaban J connectivity index is 1.44. The molecular formula is C20H21N3O. The van der Waals surface area contributed by atoms with Gasteiger partial charge in [0.25, 0.3) is 0 Å². The van der Waals surface area contributed by atoms with Crippen LogP contribution in [0.25, 0.3) is 10.9 Å². The minimum absolute atomic E-state index is 0.731. The number of nitrogens with zero attached hydrogens (tertiary/aromatic N) is 2. The fraction of sp³-hybridized carbons (Fsp3) is 0.250. The summed E-state index contributed by atoms with van der Waals surface area (Å²) in [7, 11) is 0. The maximum atomic E-state index is 11.1. The first kappa shape index (κ1) is 15.0. The van der Waals surface area contributed by atoms with Gasteiger partial charge in [0, 0.05) is 61.1 Å². The Labute approximate surface area is 141 Å². The highest BCUT2D eigenvalue weighted by molar-refractivity contribution is 5.98. The van der Waals surface area contributed by atoms with E-state index >= 15 is 0 Å². The van der Waals surface area contributed by atoms with Crippen molar-refractivity contribution in [3.8, 4) is 0 Å². The number of fused-ring (bicyclic) bond motifs is 1. The summed E-state index contributed by atoms with van der Waals surface area (Å²) < 4.78 is 0. The molecule has 1 aliphatic rings. The van der Waals surface area contributed by atoms with Crippen LogP contribution < -0.4 is 4.90 Å². The monoisotopic (exact) mass is 319 g/mol. The molecule has 3 aromatic rings. The van der Waals surface area contributed by atoms with Crippen LogP contribution in [0.4, 0.5) is 5.69 Å². The second kappa shape index (κ2) is 6.49. The molecule has 1 aliphatic heterocycles. The smallest absolute Gasteiger partial charge is 0.152 e. The summed E-state index contributed by atoms with van der Waals surface area (Å²) >= 11 is 0. The third-order valence-electron chi connectivity index (χ3n) is 4.81. The molecule has 0 atom stereocenters. The Hall–Kier alpha value is -2.59. The summed E-state index contributed by atoms with van der Waals surface area (Å²) in [5, 5.41) is 1.01. The van der Waals surface area contributed by atoms with E-state index in [0.717, 1.165) is 55.5 Å². The molecule has 1 aromatic heterocycles. The second-order valence-electron chi connectivity index (χ2n) is 6.34. The lowest BCUT2D eigenvalue weighted by molar-refractivity contribution is 0.112. The van der Waals surface area contributed by atoms with Gasteiger partial charge in [0.15, 0.2) is 6.29 Å². The van der Waals surface area contributed by atoms with Crippen molar-refractivity contribution >= 4 is 22.9 Å². The zero-order valence-corrected chi connectivity index (χ0v) is 13.6. The highest BCUT2D eigenvalue weighted by Gasteiger charge is 2.18. The predicted molar refractivity (Wildman–Crippen MR) is 97.6 cm³/mol. The molecule has 0 bridgehead atoms. The third kappa shape index (κ3) is 2.93. The molecule has 1 fully saturated rings. The van der Waals surface area contributed by atoms with Crippen LogP contribution in [0.15, 0.2) is 54.7 Å². The number of benzene rings is 2. The van der Waals surface area contributed by atoms with Gasteiger partial charge in [0.2, 0.25) is 0 Å². The number of piperazine rings is 1. The van der Waals surface area contributed by atoms with E-state index < -0.39 is 0 Å². The number of hydrogen-bond donors (Lipinski definition) is 1. The maximum Gasteiger partial charge on any atom is 0.152 e. The van der Waals surface area contributed by atoms with Gasteiger partial charge < -0.3 is 9.88 Å². The van der Waals surface area contributed by atoms with Crippen LogP contribution in [-0.4, -0.2) is 42.3 Å². The number of carbonyl (C=O) groups is 1. The lowest BCUT2D eigenvalue weighted by Gasteiger charge is -2.36. The van der Waals surface area contributed by atoms with Crippen LogP contribution in [0.1, 0.15) is 15.9 Å². The number of aromatic amines is 1. The molecule has 0 unspecified atom stereocenters. The Kier molecular flexibility index (Phi) is 4.05. The third-order valence-corrected chi connectivity index (χ3v) is 4.81. The highest BCUT2D eigenvalue weighted by atomic mass is 16.1. The van der Waals surface area contributed by atoms with Crippen LogP contribution in [0.2, 0.25) is 0 Å². The average molecular weight is 319 g/mol. The highest BCUT2D eigenvalue weighted by Crippen LogP contribution is 2.25. The summed E-state index contributed by atoms with van der Waals surface area (Å²) in [6.07, 6.45) is 2.69. The zero-order chi connectivity index (χ0) is 16.4. The van der Waals surface area contributed by atoms with Crippen LogP contribution in [0.5, 0.6) is 0 Å². The van der Waals surface area contributed by atoms with E-state index in [0.29, 0.717) is 0 Å². The van der Waals surface area contributed by atoms with Crippen LogP contribution in [-0.2, 0) is 6.54 Å². The van der Waals surface area contributed by atoms with E-state index in [1.54, 1.807) is 6.20 Å². The first-order valence-electron chi connectivity index (χ1n) is 8.41. The maximum absolute atomic E-state index is 11.1. The standard InChI is InChI=1S/C20H21N3O/c24-15-17-13-21-20-7-6-18(12-19(17)20)23-10-8-22(9-11-23)14-16-4-2-1-3-5-16/h1-7,12-13,15,21H,8-11,14H2. The van der Waals surface area contributed by atoms with Gasteiger partial charge in [-0.05, 0) is 23.8 Å². The molecule has 0 saturated carbocycles. The van der Waals surface area contributed by atoms with E-state index in [1.165, 1.54) is 11.3 Å². The van der Waals surface area contributed by atoms with Crippen LogP contribution in [0, 0.1) is 0 Å². The molecule has 2 heterocycles. The van der Waals surface area contributed by atoms with Gasteiger partial charge in [-0.25, -0.2) is 0 Å². The summed E-state index contributed by atoms with van der Waals surface area (Å²) in [6.45, 7) is 5.15. The molecule has 2 aromatic carbocycles. The minimum atomic E-state index is 0.731. The largest absolute Gasteiger partial charge is 0.369 e. The Bertz CT molecular complexity index is 832. The molecule has 1 saturated heterocycles. The lowest BCUT2D eigenvalue weighted by atomic mass is 10.1. The Morgan fingerprint density at radius 1 is 1.00 bits per heavy atom. The van der Waals surface area contributed by atoms with Crippen molar-refractivity contribution in [1.29, 1.82) is 0 Å². The molecule has 4 nitrogen and oxygen atoms in total. The summed E-state index contributed by atoms with van der Waals surface area (Å²) in [6, 6.07) is 17.0. The molecule has 4 heteroatoms. The zero-order valence-electron chi connectivity index (χ0n) is 13.6. The molecule has 0 radical (unpaired) electrons. The second-order valence-corrected chi connectivity index (χ2v) is 6.34. The first-order chi connectivity index (χ1) is 11.8. The van der Waals surface area contributed by atoms with Crippen LogP contribution in [0.3, 0.4) is 0 Å². The summed E-state index contributed by atoms with van der Waals surface area (Å²) in [4.78, 5) is 19.2. The predicted octanol–water partition coefficient (Wildman–Crippen LogP) is 3.30. The van der Waals surface area contributed by atoms with E-state index in [4.69, 9.17) is 0 Å². The van der Waals surface area contributed by atoms with E-state index in [2.05, 4.69) is 63.3 Å². The van der Waals surface area contributed by atoms with Gasteiger partial charge in [-0.2, -0.15) is 0 Å². The van der Waals surface area contributed by atoms with Crippen molar-refractivity contribution in [2.75, 3.05) is 31.1 Å². The lowest BCUT2D eigenvalue weighted by Crippen LogP contribution is -2.45. The van der Waals surface area contributed by atoms with Crippen LogP contribution >= 0.6 is 0 Å². The summed E-state index contributed by atoms with van der Waals surface area (Å²) in [5.74, 6) is 0. The molecule has 1 N–H and O–H groups in total. The van der Waals surface area contributed by atoms with E-state index in [9.17, 15) is 4.79 Å². The van der Waals surface area contributed by atoms with Crippen molar-refractivity contribution < 1.29 is 4.79 Å². The van der Waals surface area contributed by atoms with Crippen molar-refractivity contribution in [2.24, 2.45) is 0 Å². The van der Waals surface area contributed by atoms with Gasteiger partial charge in [-0.1, -0.05) is 30.3 Å². The number of aldehydes is 1. The topological polar surface area (TPSA) is 39.3 Å². The fourth-order valence-corrected chi connectivity index (χ4v) is 3.43. The molecule has 0 aliphatic carbocycles. The van der Waals surface area contributed by atoms with Gasteiger partial charge in [0.05, 0.1) is 0 Å². The average Bonchev–Trinajstić information content (AvgIpc) is 3.05. The molecular weight excluding hydrogens is 298 g/mol. The van der Waals surface area contributed by atoms with Crippen molar-refractivity contribution in [3.63, 3.8) is 0 Å². The number of nitrogens with one attached hydrogen (secondary N) is 1. The summed E-state index contributed by atoms with van der Waals surface area (Å²) in [5.41, 5.74) is 4.32.